The molecule has 1 heterocycles. The predicted molar refractivity (Wildman–Crippen MR) is 201 cm³/mol. The van der Waals surface area contributed by atoms with Gasteiger partial charge < -0.3 is 74.8 Å². The fraction of sp³-hybridized carbons (Fsp3) is 1.00. The quantitative estimate of drug-likeness (QED) is 0.142. The summed E-state index contributed by atoms with van der Waals surface area (Å²) in [5.41, 5.74) is 0. The molecular weight excluding hydrogens is 791 g/mol. The molecule has 0 aromatic carbocycles. The van der Waals surface area contributed by atoms with E-state index >= 15 is 0 Å². The van der Waals surface area contributed by atoms with Crippen molar-refractivity contribution in [1.29, 1.82) is 0 Å². The molecule has 0 aliphatic carbocycles. The first-order valence-electron chi connectivity index (χ1n) is 13.0. The molecule has 296 valence electrons. The Morgan fingerprint density at radius 3 is 1.44 bits per heavy atom. The minimum atomic E-state index is -4.42. The predicted octanol–water partition coefficient (Wildman–Crippen LogP) is 3.09. The second-order valence-corrected chi connectivity index (χ2v) is 34.1. The molecule has 18 nitrogen and oxygen atoms in total. The molecule has 1 saturated heterocycles. The Bertz CT molecular complexity index is 817. The normalized spacial score (nSPS) is 22.1. The van der Waals surface area contributed by atoms with E-state index < -0.39 is 92.9 Å². The lowest BCUT2D eigenvalue weighted by atomic mass is 11.0. The van der Waals surface area contributed by atoms with E-state index in [2.05, 4.69) is 0 Å². The Hall–Kier alpha value is 1.86. The molecule has 3 N–H and O–H groups in total. The average molecular weight is 861 g/mol. The minimum Gasteiger partial charge on any atom is -0.506 e. The molecule has 0 saturated carbocycles. The zero-order chi connectivity index (χ0) is 32.5. The first-order valence-corrected chi connectivity index (χ1v) is 29.8. The minimum absolute atomic E-state index is 0. The van der Waals surface area contributed by atoms with Crippen LogP contribution in [0, 0.1) is 0 Å². The van der Waals surface area contributed by atoms with Gasteiger partial charge in [-0.1, -0.05) is 65.3 Å². The monoisotopic (exact) mass is 860 g/mol. The number of rotatable bonds is 21. The van der Waals surface area contributed by atoms with Gasteiger partial charge in [0.05, 0.1) is 0 Å². The average Bonchev–Trinajstić information content (AvgIpc) is 2.94. The highest BCUT2D eigenvalue weighted by atomic mass is 28.5. The number of hydrogen-bond acceptors (Lipinski definition) is 18. The molecule has 1 fully saturated rings. The summed E-state index contributed by atoms with van der Waals surface area (Å²) in [7, 11) is -18.9. The summed E-state index contributed by atoms with van der Waals surface area (Å²) in [5.74, 6) is 0. The Labute approximate surface area is 311 Å². The van der Waals surface area contributed by atoms with E-state index in [1.165, 1.54) is 49.2 Å². The van der Waals surface area contributed by atoms with Gasteiger partial charge in [0.25, 0.3) is 0 Å². The summed E-state index contributed by atoms with van der Waals surface area (Å²) in [6.45, 7) is 10.2. The Balaban J connectivity index is -0.000000735. The van der Waals surface area contributed by atoms with Crippen LogP contribution >= 0.6 is 0 Å². The Morgan fingerprint density at radius 1 is 0.646 bits per heavy atom. The molecule has 0 aromatic heterocycles. The zero-order valence-corrected chi connectivity index (χ0v) is 35.9. The van der Waals surface area contributed by atoms with Crippen LogP contribution in [0.15, 0.2) is 0 Å². The topological polar surface area (TPSA) is 199 Å². The van der Waals surface area contributed by atoms with Gasteiger partial charge in [-0.2, -0.15) is 0 Å². The first kappa shape index (κ1) is 61.9. The number of hydrogen-bond donors (Lipinski definition) is 3. The molecule has 0 amide bonds. The van der Waals surface area contributed by atoms with E-state index in [9.17, 15) is 14.4 Å². The third-order valence-electron chi connectivity index (χ3n) is 6.08. The molecule has 48 heavy (non-hydrogen) atoms. The van der Waals surface area contributed by atoms with Crippen molar-refractivity contribution in [3.8, 4) is 0 Å². The molecular formula is C21H70Al2O18Si7. The van der Waals surface area contributed by atoms with Gasteiger partial charge in [-0.05, 0) is 37.8 Å². The van der Waals surface area contributed by atoms with Gasteiger partial charge in [-0.3, -0.25) is 0 Å². The molecule has 1 rings (SSSR count). The summed E-state index contributed by atoms with van der Waals surface area (Å²) in [5, 5.41) is 0. The van der Waals surface area contributed by atoms with Crippen LogP contribution in [0.4, 0.5) is 0 Å². The summed E-state index contributed by atoms with van der Waals surface area (Å²) in [4.78, 5) is 32.2. The third kappa shape index (κ3) is 18.3. The van der Waals surface area contributed by atoms with Crippen LogP contribution in [-0.4, -0.2) is 150 Å². The first-order chi connectivity index (χ1) is 19.4. The van der Waals surface area contributed by atoms with Crippen molar-refractivity contribution in [2.45, 2.75) is 103 Å². The van der Waals surface area contributed by atoms with Crippen LogP contribution in [-0.2, 0) is 60.4 Å². The van der Waals surface area contributed by atoms with Gasteiger partial charge in [0.2, 0.25) is 0 Å². The Morgan fingerprint density at radius 2 is 1.06 bits per heavy atom. The van der Waals surface area contributed by atoms with E-state index in [4.69, 9.17) is 60.4 Å². The molecule has 0 bridgehead atoms. The van der Waals surface area contributed by atoms with Crippen LogP contribution in [0.1, 0.15) is 65.3 Å². The van der Waals surface area contributed by atoms with Crippen LogP contribution in [0.25, 0.3) is 0 Å². The summed E-state index contributed by atoms with van der Waals surface area (Å²) in [6.07, 6.45) is 0. The van der Waals surface area contributed by atoms with E-state index in [-0.39, 0.29) is 50.6 Å². The standard InChI is InChI=1S/C6H18O10Si3.C6H18O6Si3.C3H9O2Si.6CH4.2Al.H/c1-9-17(7,10-2)15-19(13-5,14-6)16-18(8,11-3)12-4;1-5-13(3,7)11-15(9,10)12-14(4,8)6-2;1-3-6(2,4)5;;;;;;;;;/h1-6H3;7,9H,5-6H2,1-4H3;4H,3H2,1-2H3;6*1H4;;;/q2*-2;-1;;;;;;;+2;+3;/t;13-,14+,15?;6-;;;;;;;;;/m.01........./s1. The summed E-state index contributed by atoms with van der Waals surface area (Å²) in [6, 6.07) is 1.13. The second-order valence-electron chi connectivity index (χ2n) is 9.25. The third-order valence-corrected chi connectivity index (χ3v) is 34.0. The molecule has 0 spiro atoms. The van der Waals surface area contributed by atoms with Gasteiger partial charge in [-0.25, -0.2) is 0 Å². The van der Waals surface area contributed by atoms with E-state index in [0.29, 0.717) is 12.1 Å². The summed E-state index contributed by atoms with van der Waals surface area (Å²) < 4.78 is 86.2. The van der Waals surface area contributed by atoms with Crippen LogP contribution in [0.2, 0.25) is 37.8 Å². The zero-order valence-electron chi connectivity index (χ0n) is 26.4. The maximum absolute atomic E-state index is 11.2. The molecule has 1 aliphatic heterocycles. The fourth-order valence-corrected chi connectivity index (χ4v) is 29.4. The van der Waals surface area contributed by atoms with Gasteiger partial charge in [0, 0.05) is 42.7 Å². The van der Waals surface area contributed by atoms with Crippen molar-refractivity contribution in [3.63, 3.8) is 0 Å². The van der Waals surface area contributed by atoms with E-state index in [0.717, 1.165) is 0 Å². The van der Waals surface area contributed by atoms with Gasteiger partial charge in [0.15, 0.2) is 0 Å². The van der Waals surface area contributed by atoms with Gasteiger partial charge >= 0.3 is 92.9 Å². The van der Waals surface area contributed by atoms with Crippen molar-refractivity contribution in [3.05, 3.63) is 0 Å². The lowest BCUT2D eigenvalue weighted by Gasteiger charge is -2.44. The van der Waals surface area contributed by atoms with Crippen molar-refractivity contribution in [2.75, 3.05) is 42.7 Å². The largest absolute Gasteiger partial charge is 0.882 e. The highest BCUT2D eigenvalue weighted by Crippen LogP contribution is 2.32. The van der Waals surface area contributed by atoms with Gasteiger partial charge in [-0.15, -0.1) is 0 Å². The lowest BCUT2D eigenvalue weighted by Crippen LogP contribution is -2.72. The maximum atomic E-state index is 11.2. The molecule has 0 aromatic rings. The highest BCUT2D eigenvalue weighted by molar-refractivity contribution is 6.88. The maximum Gasteiger partial charge on any atom is 0.882 e. The highest BCUT2D eigenvalue weighted by Gasteiger charge is 2.69. The Kier molecular flexibility index (Phi) is 33.3. The smallest absolute Gasteiger partial charge is 0.506 e. The van der Waals surface area contributed by atoms with Crippen molar-refractivity contribution >= 4 is 92.9 Å². The molecule has 0 radical (unpaired) electrons. The van der Waals surface area contributed by atoms with Crippen molar-refractivity contribution < 1.29 is 74.8 Å². The second kappa shape index (κ2) is 25.8. The summed E-state index contributed by atoms with van der Waals surface area (Å²) >= 11 is -5.27. The fourth-order valence-electron chi connectivity index (χ4n) is 2.90. The van der Waals surface area contributed by atoms with E-state index in [1.807, 2.05) is 6.92 Å². The van der Waals surface area contributed by atoms with Gasteiger partial charge in [0.1, 0.15) is 0 Å². The molecule has 27 heteroatoms. The molecule has 1 unspecified atom stereocenters. The SMILES string of the molecule is C.C.C.C.C.C.CC[Si@]1(C)[O][Al]([O][Si](OC)(OC)O[Si](OC)(OC)O[Si](OC)(OC)[O][AlH][O][Si@@](C)(O)CC)[O][Si](O)(O[Si@](C)(O)CC)O1. The lowest BCUT2D eigenvalue weighted by molar-refractivity contribution is -0.0372. The van der Waals surface area contributed by atoms with Crippen LogP contribution < -0.4 is 0 Å². The van der Waals surface area contributed by atoms with Crippen molar-refractivity contribution in [1.82, 2.24) is 0 Å². The molecule has 1 aliphatic rings. The van der Waals surface area contributed by atoms with Crippen molar-refractivity contribution in [2.24, 2.45) is 0 Å². The van der Waals surface area contributed by atoms with Crippen LogP contribution in [0.3, 0.4) is 0 Å². The van der Waals surface area contributed by atoms with Crippen LogP contribution in [0.5, 0.6) is 0 Å². The van der Waals surface area contributed by atoms with E-state index in [1.54, 1.807) is 26.9 Å². The molecule has 4 atom stereocenters.